The van der Waals surface area contributed by atoms with E-state index in [2.05, 4.69) is 10.6 Å². The average Bonchev–Trinajstić information content (AvgIpc) is 2.85. The second-order valence-corrected chi connectivity index (χ2v) is 8.69. The fourth-order valence-electron chi connectivity index (χ4n) is 1.79. The number of urea groups is 1. The third kappa shape index (κ3) is 3.64. The predicted octanol–water partition coefficient (Wildman–Crippen LogP) is 3.31. The summed E-state index contributed by atoms with van der Waals surface area (Å²) in [5.74, 6) is -0.501. The van der Waals surface area contributed by atoms with Gasteiger partial charge in [0, 0.05) is 19.5 Å². The van der Waals surface area contributed by atoms with Crippen molar-refractivity contribution in [2.45, 2.75) is 11.1 Å². The lowest BCUT2D eigenvalue weighted by Gasteiger charge is -2.11. The first-order valence-corrected chi connectivity index (χ1v) is 9.40. The molecule has 2 aromatic rings. The minimum absolute atomic E-state index is 0.00157. The van der Waals surface area contributed by atoms with E-state index in [0.29, 0.717) is 10.7 Å². The highest BCUT2D eigenvalue weighted by atomic mass is 35.5. The van der Waals surface area contributed by atoms with E-state index in [0.717, 1.165) is 21.2 Å². The highest BCUT2D eigenvalue weighted by Crippen LogP contribution is 2.38. The first-order chi connectivity index (χ1) is 11.1. The Bertz CT molecular complexity index is 878. The summed E-state index contributed by atoms with van der Waals surface area (Å²) in [5, 5.41) is 16.8. The van der Waals surface area contributed by atoms with Gasteiger partial charge in [-0.1, -0.05) is 23.7 Å². The monoisotopic (exact) mass is 389 g/mol. The number of hydrogen-bond acceptors (Lipinski definition) is 5. The summed E-state index contributed by atoms with van der Waals surface area (Å²) < 4.78 is 24.9. The van der Waals surface area contributed by atoms with Gasteiger partial charge < -0.3 is 15.7 Å². The molecule has 0 aliphatic carbocycles. The van der Waals surface area contributed by atoms with Gasteiger partial charge in [-0.3, -0.25) is 0 Å². The van der Waals surface area contributed by atoms with Crippen LogP contribution in [0, 0.1) is 6.92 Å². The van der Waals surface area contributed by atoms with Gasteiger partial charge in [0.15, 0.2) is 9.96 Å². The van der Waals surface area contributed by atoms with Crippen molar-refractivity contribution in [3.8, 4) is 5.75 Å². The lowest BCUT2D eigenvalue weighted by Crippen LogP contribution is -2.22. The number of amides is 2. The van der Waals surface area contributed by atoms with Crippen molar-refractivity contribution in [2.75, 3.05) is 24.7 Å². The molecule has 0 spiro atoms. The maximum absolute atomic E-state index is 12.1. The van der Waals surface area contributed by atoms with E-state index >= 15 is 0 Å². The molecule has 0 unspecified atom stereocenters. The first kappa shape index (κ1) is 18.5. The van der Waals surface area contributed by atoms with Crippen LogP contribution >= 0.6 is 22.9 Å². The number of carbonyl (C=O) groups excluding carboxylic acids is 1. The van der Waals surface area contributed by atoms with Crippen LogP contribution in [0.4, 0.5) is 16.2 Å². The fourth-order valence-corrected chi connectivity index (χ4v) is 4.35. The average molecular weight is 390 g/mol. The molecule has 0 fully saturated rings. The number of rotatable bonds is 4. The summed E-state index contributed by atoms with van der Waals surface area (Å²) in [6, 6.07) is 4.52. The molecule has 0 aliphatic heterocycles. The van der Waals surface area contributed by atoms with Gasteiger partial charge in [0.1, 0.15) is 0 Å². The Morgan fingerprint density at radius 2 is 1.88 bits per heavy atom. The third-order valence-corrected chi connectivity index (χ3v) is 6.94. The summed E-state index contributed by atoms with van der Waals surface area (Å²) >= 11 is 6.91. The summed E-state index contributed by atoms with van der Waals surface area (Å²) in [5.41, 5.74) is 1.21. The lowest BCUT2D eigenvalue weighted by molar-refractivity contribution is 0.262. The van der Waals surface area contributed by atoms with E-state index in [1.54, 1.807) is 25.1 Å². The molecule has 0 bridgehead atoms. The van der Waals surface area contributed by atoms with Crippen molar-refractivity contribution in [1.82, 2.24) is 4.31 Å². The van der Waals surface area contributed by atoms with E-state index in [4.69, 9.17) is 11.6 Å². The predicted molar refractivity (Wildman–Crippen MR) is 95.7 cm³/mol. The molecule has 130 valence electrons. The Morgan fingerprint density at radius 3 is 2.50 bits per heavy atom. The number of aromatic hydroxyl groups is 1. The first-order valence-electron chi connectivity index (χ1n) is 6.70. The van der Waals surface area contributed by atoms with E-state index in [1.807, 2.05) is 0 Å². The largest absolute Gasteiger partial charge is 0.504 e. The van der Waals surface area contributed by atoms with Gasteiger partial charge in [0.05, 0.1) is 16.4 Å². The van der Waals surface area contributed by atoms with Crippen LogP contribution in [0.3, 0.4) is 0 Å². The Kier molecular flexibility index (Phi) is 5.38. The number of carbonyl (C=O) groups is 1. The quantitative estimate of drug-likeness (QED) is 0.746. The van der Waals surface area contributed by atoms with E-state index < -0.39 is 21.8 Å². The Labute approximate surface area is 148 Å². The van der Waals surface area contributed by atoms with Gasteiger partial charge in [0.2, 0.25) is 0 Å². The van der Waals surface area contributed by atoms with Gasteiger partial charge in [-0.05, 0) is 18.6 Å². The highest BCUT2D eigenvalue weighted by molar-refractivity contribution is 7.91. The molecular formula is C14H16ClN3O4S2. The zero-order valence-electron chi connectivity index (χ0n) is 13.1. The standard InChI is InChI=1S/C14H16ClN3O4S2/c1-8-5-4-6-9(11(8)15)16-14(20)17-10-7-23-13(12(10)19)24(21,22)18(2)3/h4-7,19H,1-3H3,(H2,16,17,20). The molecule has 0 radical (unpaired) electrons. The van der Waals surface area contributed by atoms with Crippen molar-refractivity contribution in [1.29, 1.82) is 0 Å². The Hall–Kier alpha value is -1.81. The van der Waals surface area contributed by atoms with Crippen LogP contribution in [0.2, 0.25) is 5.02 Å². The minimum atomic E-state index is -3.78. The van der Waals surface area contributed by atoms with E-state index in [-0.39, 0.29) is 9.90 Å². The van der Waals surface area contributed by atoms with Crippen LogP contribution < -0.4 is 10.6 Å². The summed E-state index contributed by atoms with van der Waals surface area (Å²) in [7, 11) is -1.07. The molecule has 0 atom stereocenters. The number of hydrogen-bond donors (Lipinski definition) is 3. The van der Waals surface area contributed by atoms with Crippen LogP contribution in [0.1, 0.15) is 5.56 Å². The molecule has 24 heavy (non-hydrogen) atoms. The molecule has 1 aromatic heterocycles. The van der Waals surface area contributed by atoms with E-state index in [1.165, 1.54) is 19.5 Å². The molecule has 7 nitrogen and oxygen atoms in total. The molecule has 3 N–H and O–H groups in total. The maximum Gasteiger partial charge on any atom is 0.323 e. The SMILES string of the molecule is Cc1cccc(NC(=O)Nc2csc(S(=O)(=O)N(C)C)c2O)c1Cl. The minimum Gasteiger partial charge on any atom is -0.504 e. The number of nitrogens with zero attached hydrogens (tertiary/aromatic N) is 1. The van der Waals surface area contributed by atoms with Gasteiger partial charge in [-0.2, -0.15) is 0 Å². The highest BCUT2D eigenvalue weighted by Gasteiger charge is 2.26. The topological polar surface area (TPSA) is 98.7 Å². The maximum atomic E-state index is 12.1. The molecule has 0 saturated carbocycles. The fraction of sp³-hybridized carbons (Fsp3) is 0.214. The molecule has 2 rings (SSSR count). The number of thiophene rings is 1. The molecular weight excluding hydrogens is 374 g/mol. The Balaban J connectivity index is 2.19. The van der Waals surface area contributed by atoms with Crippen LogP contribution in [0.5, 0.6) is 5.75 Å². The lowest BCUT2D eigenvalue weighted by atomic mass is 10.2. The third-order valence-electron chi connectivity index (χ3n) is 3.14. The number of anilines is 2. The van der Waals surface area contributed by atoms with Crippen molar-refractivity contribution < 1.29 is 18.3 Å². The molecule has 0 saturated heterocycles. The zero-order chi connectivity index (χ0) is 18.1. The van der Waals surface area contributed by atoms with Crippen molar-refractivity contribution in [3.05, 3.63) is 34.2 Å². The summed E-state index contributed by atoms with van der Waals surface area (Å²) in [4.78, 5) is 12.0. The zero-order valence-corrected chi connectivity index (χ0v) is 15.5. The van der Waals surface area contributed by atoms with Gasteiger partial charge in [-0.25, -0.2) is 17.5 Å². The van der Waals surface area contributed by atoms with Crippen LogP contribution in [0.15, 0.2) is 27.8 Å². The summed E-state index contributed by atoms with van der Waals surface area (Å²) in [6.07, 6.45) is 0. The number of nitrogens with one attached hydrogen (secondary N) is 2. The van der Waals surface area contributed by atoms with Crippen LogP contribution in [-0.2, 0) is 10.0 Å². The van der Waals surface area contributed by atoms with Crippen molar-refractivity contribution >= 4 is 50.4 Å². The molecule has 1 heterocycles. The van der Waals surface area contributed by atoms with Crippen molar-refractivity contribution in [2.24, 2.45) is 0 Å². The smallest absolute Gasteiger partial charge is 0.323 e. The van der Waals surface area contributed by atoms with Gasteiger partial charge in [0.25, 0.3) is 10.0 Å². The second-order valence-electron chi connectivity index (χ2n) is 5.09. The van der Waals surface area contributed by atoms with Crippen LogP contribution in [0.25, 0.3) is 0 Å². The number of halogens is 1. The molecule has 1 aromatic carbocycles. The van der Waals surface area contributed by atoms with Crippen LogP contribution in [-0.4, -0.2) is 38.0 Å². The number of sulfonamides is 1. The summed E-state index contributed by atoms with van der Waals surface area (Å²) in [6.45, 7) is 1.80. The molecule has 10 heteroatoms. The molecule has 2 amide bonds. The number of benzene rings is 1. The number of aryl methyl sites for hydroxylation is 1. The normalized spacial score (nSPS) is 11.5. The second kappa shape index (κ2) is 6.98. The van der Waals surface area contributed by atoms with E-state index in [9.17, 15) is 18.3 Å². The van der Waals surface area contributed by atoms with Crippen molar-refractivity contribution in [3.63, 3.8) is 0 Å². The molecule has 0 aliphatic rings. The Morgan fingerprint density at radius 1 is 1.25 bits per heavy atom. The van der Waals surface area contributed by atoms with Gasteiger partial charge >= 0.3 is 6.03 Å². The van der Waals surface area contributed by atoms with Gasteiger partial charge in [-0.15, -0.1) is 11.3 Å².